The summed E-state index contributed by atoms with van der Waals surface area (Å²) in [5.41, 5.74) is 0. The molecule has 0 spiro atoms. The fourth-order valence-corrected chi connectivity index (χ4v) is 3.40. The number of rotatable bonds is 18. The summed E-state index contributed by atoms with van der Waals surface area (Å²) in [7, 11) is -3.67. The van der Waals surface area contributed by atoms with Crippen molar-refractivity contribution < 1.29 is 37.2 Å². The van der Waals surface area contributed by atoms with Crippen LogP contribution in [-0.4, -0.2) is 71.3 Å². The molecule has 0 unspecified atom stereocenters. The van der Waals surface area contributed by atoms with Gasteiger partial charge < -0.3 is 9.84 Å². The van der Waals surface area contributed by atoms with Gasteiger partial charge >= 0.3 is 47.5 Å². The first kappa shape index (κ1) is 36.8. The van der Waals surface area contributed by atoms with Crippen LogP contribution in [0.4, 0.5) is 0 Å². The van der Waals surface area contributed by atoms with Gasteiger partial charge in [0.25, 0.3) is 10.1 Å². The Balaban J connectivity index is -0.000000969. The van der Waals surface area contributed by atoms with Crippen LogP contribution < -0.4 is 0 Å². The van der Waals surface area contributed by atoms with Gasteiger partial charge in [-0.3, -0.25) is 9.35 Å². The molecule has 0 aliphatic carbocycles. The fraction of sp³-hybridized carbons (Fsp3) is 0.783. The van der Waals surface area contributed by atoms with E-state index in [9.17, 15) is 22.8 Å². The number of esters is 2. The van der Waals surface area contributed by atoms with Crippen molar-refractivity contribution in [3.05, 3.63) is 12.2 Å². The van der Waals surface area contributed by atoms with E-state index in [4.69, 9.17) is 9.66 Å². The van der Waals surface area contributed by atoms with E-state index >= 15 is 0 Å². The van der Waals surface area contributed by atoms with Gasteiger partial charge in [-0.1, -0.05) is 90.9 Å². The molecule has 0 aromatic heterocycles. The van der Waals surface area contributed by atoms with E-state index in [2.05, 4.69) is 11.7 Å². The first-order chi connectivity index (χ1) is 15.1. The molecule has 2 N–H and O–H groups in total. The molecule has 0 bridgehead atoms. The Kier molecular flexibility index (Phi) is 28.9. The van der Waals surface area contributed by atoms with Crippen molar-refractivity contribution in [3.8, 4) is 0 Å². The van der Waals surface area contributed by atoms with Crippen LogP contribution in [0.2, 0.25) is 0 Å². The van der Waals surface area contributed by atoms with Crippen LogP contribution in [0, 0.1) is 0 Å². The Morgan fingerprint density at radius 3 is 1.48 bits per heavy atom. The zero-order valence-electron chi connectivity index (χ0n) is 19.7. The number of carbonyl (C=O) groups excluding carboxylic acids is 2. The van der Waals surface area contributed by atoms with Gasteiger partial charge in [-0.15, -0.1) is 0 Å². The summed E-state index contributed by atoms with van der Waals surface area (Å²) in [5.74, 6) is -2.90. The molecule has 10 heteroatoms. The second kappa shape index (κ2) is 25.9. The summed E-state index contributed by atoms with van der Waals surface area (Å²) in [6.07, 6.45) is 18.0. The third-order valence-electron chi connectivity index (χ3n) is 4.52. The van der Waals surface area contributed by atoms with Crippen molar-refractivity contribution in [3.63, 3.8) is 0 Å². The zero-order chi connectivity index (χ0) is 24.7. The Hall–Kier alpha value is -0.740. The van der Waals surface area contributed by atoms with Crippen LogP contribution in [0.1, 0.15) is 110 Å². The summed E-state index contributed by atoms with van der Waals surface area (Å²) in [6.45, 7) is 3.93. The first-order valence-electron chi connectivity index (χ1n) is 11.7. The number of hydrogen-bond acceptors (Lipinski definition) is 6. The van der Waals surface area contributed by atoms with Crippen molar-refractivity contribution in [2.75, 3.05) is 5.75 Å². The maximum absolute atomic E-state index is 11.4. The topological polar surface area (TPSA) is 135 Å². The number of carbonyl (C=O) groups is 3. The van der Waals surface area contributed by atoms with E-state index in [1.807, 2.05) is 0 Å². The molecular formula is C23H43NaO8S. The molecule has 0 aromatic carbocycles. The van der Waals surface area contributed by atoms with Crippen molar-refractivity contribution in [2.45, 2.75) is 110 Å². The van der Waals surface area contributed by atoms with Gasteiger partial charge in [-0.25, -0.2) is 9.59 Å². The van der Waals surface area contributed by atoms with Gasteiger partial charge in [0.1, 0.15) is 0 Å². The number of ether oxygens (including phenoxy) is 1. The number of unbranched alkanes of at least 4 members (excludes halogenated alkanes) is 12. The maximum atomic E-state index is 11.4. The summed E-state index contributed by atoms with van der Waals surface area (Å²) < 4.78 is 32.0. The molecule has 0 aliphatic heterocycles. The summed E-state index contributed by atoms with van der Waals surface area (Å²) >= 11 is 0. The normalized spacial score (nSPS) is 10.8. The third kappa shape index (κ3) is 36.0. The molecule has 190 valence electrons. The van der Waals surface area contributed by atoms with Crippen molar-refractivity contribution in [1.29, 1.82) is 0 Å². The monoisotopic (exact) mass is 502 g/mol. The van der Waals surface area contributed by atoms with E-state index in [1.165, 1.54) is 64.2 Å². The Bertz CT molecular complexity index is 632. The molecule has 0 atom stereocenters. The second-order valence-corrected chi connectivity index (χ2v) is 9.32. The van der Waals surface area contributed by atoms with Crippen LogP contribution in [0.15, 0.2) is 12.2 Å². The van der Waals surface area contributed by atoms with Gasteiger partial charge in [0.15, 0.2) is 0 Å². The average Bonchev–Trinajstić information content (AvgIpc) is 2.69. The molecule has 0 fully saturated rings. The molecule has 0 rings (SSSR count). The molecule has 0 amide bonds. The molecular weight excluding hydrogens is 459 g/mol. The van der Waals surface area contributed by atoms with Crippen LogP contribution in [0.3, 0.4) is 0 Å². The standard InChI is InChI=1S/C20H34O5.C3H8O3S.Na.H/c1-2-3-4-5-6-7-8-9-10-11-12-13-14-15-19(23)25-20(24)17-16-18(21)22;1-2-3-7(4,5)6;;/h16-17H,2-15H2,1H3,(H,21,22);2-3H2,1H3,(H,4,5,6);;/b17-16-;;;. The van der Waals surface area contributed by atoms with Gasteiger partial charge in [-0.2, -0.15) is 8.42 Å². The van der Waals surface area contributed by atoms with Crippen molar-refractivity contribution in [1.82, 2.24) is 0 Å². The van der Waals surface area contributed by atoms with Crippen LogP contribution >= 0.6 is 0 Å². The minimum atomic E-state index is -3.67. The van der Waals surface area contributed by atoms with E-state index in [1.54, 1.807) is 6.92 Å². The quantitative estimate of drug-likeness (QED) is 0.0680. The molecule has 0 aromatic rings. The Morgan fingerprint density at radius 2 is 1.15 bits per heavy atom. The van der Waals surface area contributed by atoms with Crippen molar-refractivity contribution >= 4 is 57.6 Å². The van der Waals surface area contributed by atoms with Gasteiger partial charge in [0, 0.05) is 18.6 Å². The van der Waals surface area contributed by atoms with Crippen molar-refractivity contribution in [2.24, 2.45) is 0 Å². The Morgan fingerprint density at radius 1 is 0.727 bits per heavy atom. The molecule has 0 saturated heterocycles. The number of aliphatic carboxylic acids is 1. The van der Waals surface area contributed by atoms with Crippen LogP contribution in [0.5, 0.6) is 0 Å². The fourth-order valence-electron chi connectivity index (χ4n) is 2.88. The Labute approximate surface area is 222 Å². The first-order valence-corrected chi connectivity index (χ1v) is 13.3. The molecule has 8 nitrogen and oxygen atoms in total. The third-order valence-corrected chi connectivity index (χ3v) is 5.45. The van der Waals surface area contributed by atoms with E-state index in [0.29, 0.717) is 18.9 Å². The van der Waals surface area contributed by atoms with E-state index in [0.717, 1.165) is 18.9 Å². The number of carboxylic acids is 1. The number of carboxylic acid groups (broad SMARTS) is 1. The summed E-state index contributed by atoms with van der Waals surface area (Å²) in [6, 6.07) is 0. The zero-order valence-corrected chi connectivity index (χ0v) is 20.5. The molecule has 0 saturated carbocycles. The summed E-state index contributed by atoms with van der Waals surface area (Å²) in [5, 5.41) is 8.35. The van der Waals surface area contributed by atoms with Crippen LogP contribution in [-0.2, 0) is 29.2 Å². The molecule has 33 heavy (non-hydrogen) atoms. The van der Waals surface area contributed by atoms with Gasteiger partial charge in [0.2, 0.25) is 0 Å². The van der Waals surface area contributed by atoms with E-state index in [-0.39, 0.29) is 41.7 Å². The SMILES string of the molecule is CCCCCCCCCCCCCCCC(=O)OC(=O)/C=C\C(=O)O.CCCS(=O)(=O)O.[NaH]. The predicted octanol–water partition coefficient (Wildman–Crippen LogP) is 4.81. The van der Waals surface area contributed by atoms with Crippen LogP contribution in [0.25, 0.3) is 0 Å². The van der Waals surface area contributed by atoms with Gasteiger partial charge in [-0.05, 0) is 12.8 Å². The molecule has 0 heterocycles. The summed E-state index contributed by atoms with van der Waals surface area (Å²) in [4.78, 5) is 32.7. The minimum absolute atomic E-state index is 0. The number of hydrogen-bond donors (Lipinski definition) is 2. The predicted molar refractivity (Wildman–Crippen MR) is 132 cm³/mol. The molecule has 0 aliphatic rings. The molecule has 0 radical (unpaired) electrons. The van der Waals surface area contributed by atoms with Gasteiger partial charge in [0.05, 0.1) is 5.75 Å². The average molecular weight is 503 g/mol. The second-order valence-electron chi connectivity index (χ2n) is 7.74. The van der Waals surface area contributed by atoms with E-state index < -0.39 is 28.0 Å².